The lowest BCUT2D eigenvalue weighted by molar-refractivity contribution is 0.363. The van der Waals surface area contributed by atoms with Crippen LogP contribution in [-0.4, -0.2) is 26.0 Å². The van der Waals surface area contributed by atoms with E-state index in [-0.39, 0.29) is 0 Å². The van der Waals surface area contributed by atoms with Crippen LogP contribution in [-0.2, 0) is 13.1 Å². The Morgan fingerprint density at radius 2 is 2.38 bits per heavy atom. The molecule has 1 N–H and O–H groups in total. The van der Waals surface area contributed by atoms with E-state index in [1.54, 1.807) is 11.0 Å². The molecular weight excluding hydrogens is 206 g/mol. The van der Waals surface area contributed by atoms with Gasteiger partial charge >= 0.3 is 0 Å². The highest BCUT2D eigenvalue weighted by Gasteiger charge is 2.05. The van der Waals surface area contributed by atoms with Crippen molar-refractivity contribution in [3.05, 3.63) is 30.2 Å². The summed E-state index contributed by atoms with van der Waals surface area (Å²) in [6, 6.07) is 2.37. The molecule has 6 heteroatoms. The lowest BCUT2D eigenvalue weighted by Gasteiger charge is -2.03. The zero-order chi connectivity index (χ0) is 11.4. The van der Waals surface area contributed by atoms with E-state index in [4.69, 9.17) is 4.52 Å². The Bertz CT molecular complexity index is 420. The second-order valence-electron chi connectivity index (χ2n) is 3.91. The third-order valence-corrected chi connectivity index (χ3v) is 2.08. The van der Waals surface area contributed by atoms with E-state index >= 15 is 0 Å². The molecule has 0 aliphatic rings. The van der Waals surface area contributed by atoms with Crippen LogP contribution in [0.4, 0.5) is 0 Å². The van der Waals surface area contributed by atoms with Gasteiger partial charge in [-0.1, -0.05) is 19.0 Å². The van der Waals surface area contributed by atoms with Crippen LogP contribution in [0.3, 0.4) is 0 Å². The van der Waals surface area contributed by atoms with Gasteiger partial charge in [-0.3, -0.25) is 0 Å². The Morgan fingerprint density at radius 3 is 3.06 bits per heavy atom. The van der Waals surface area contributed by atoms with Crippen molar-refractivity contribution in [2.75, 3.05) is 0 Å². The second kappa shape index (κ2) is 4.89. The van der Waals surface area contributed by atoms with Crippen molar-refractivity contribution in [1.29, 1.82) is 0 Å². The number of rotatable bonds is 5. The fourth-order valence-electron chi connectivity index (χ4n) is 1.30. The molecule has 0 amide bonds. The molecule has 2 heterocycles. The van der Waals surface area contributed by atoms with E-state index in [9.17, 15) is 0 Å². The molecule has 0 atom stereocenters. The minimum Gasteiger partial charge on any atom is -0.359 e. The molecule has 2 aromatic heterocycles. The molecule has 0 saturated heterocycles. The van der Waals surface area contributed by atoms with Crippen molar-refractivity contribution in [2.24, 2.45) is 0 Å². The first-order valence-electron chi connectivity index (χ1n) is 5.24. The Labute approximate surface area is 93.7 Å². The van der Waals surface area contributed by atoms with Crippen LogP contribution in [0.25, 0.3) is 0 Å². The summed E-state index contributed by atoms with van der Waals surface area (Å²) in [5.74, 6) is 0.783. The monoisotopic (exact) mass is 221 g/mol. The molecule has 0 saturated carbocycles. The summed E-state index contributed by atoms with van der Waals surface area (Å²) < 4.78 is 6.89. The molecule has 0 aliphatic heterocycles. The van der Waals surface area contributed by atoms with E-state index in [1.807, 2.05) is 6.07 Å². The largest absolute Gasteiger partial charge is 0.359 e. The molecule has 2 rings (SSSR count). The van der Waals surface area contributed by atoms with Crippen molar-refractivity contribution in [1.82, 2.24) is 25.2 Å². The molecule has 0 radical (unpaired) electrons. The summed E-state index contributed by atoms with van der Waals surface area (Å²) in [4.78, 5) is 3.86. The molecule has 0 aliphatic carbocycles. The summed E-state index contributed by atoms with van der Waals surface area (Å²) in [6.45, 7) is 5.47. The third-order valence-electron chi connectivity index (χ3n) is 2.08. The minimum atomic E-state index is 0.440. The molecule has 0 unspecified atom stereocenters. The molecule has 86 valence electrons. The summed E-state index contributed by atoms with van der Waals surface area (Å²) >= 11 is 0. The normalized spacial score (nSPS) is 11.2. The zero-order valence-corrected chi connectivity index (χ0v) is 9.42. The quantitative estimate of drug-likeness (QED) is 0.809. The minimum absolute atomic E-state index is 0.440. The van der Waals surface area contributed by atoms with Gasteiger partial charge in [-0.15, -0.1) is 0 Å². The summed E-state index contributed by atoms with van der Waals surface area (Å²) in [6.07, 6.45) is 3.14. The fraction of sp³-hybridized carbons (Fsp3) is 0.500. The molecule has 0 bridgehead atoms. The molecule has 0 fully saturated rings. The van der Waals surface area contributed by atoms with Gasteiger partial charge < -0.3 is 9.84 Å². The van der Waals surface area contributed by atoms with Crippen molar-refractivity contribution < 1.29 is 4.52 Å². The lowest BCUT2D eigenvalue weighted by atomic mass is 10.3. The first-order valence-corrected chi connectivity index (χ1v) is 5.24. The number of nitrogens with one attached hydrogen (secondary N) is 1. The Balaban J connectivity index is 1.92. The van der Waals surface area contributed by atoms with Crippen LogP contribution < -0.4 is 5.32 Å². The van der Waals surface area contributed by atoms with Gasteiger partial charge in [0.25, 0.3) is 0 Å². The maximum absolute atomic E-state index is 5.19. The van der Waals surface area contributed by atoms with Crippen molar-refractivity contribution >= 4 is 0 Å². The topological polar surface area (TPSA) is 68.8 Å². The lowest BCUT2D eigenvalue weighted by Crippen LogP contribution is -2.21. The summed E-state index contributed by atoms with van der Waals surface area (Å²) in [7, 11) is 0. The van der Waals surface area contributed by atoms with E-state index < -0.39 is 0 Å². The summed E-state index contributed by atoms with van der Waals surface area (Å²) in [5.41, 5.74) is 0.906. The average molecular weight is 221 g/mol. The highest BCUT2D eigenvalue weighted by molar-refractivity contribution is 5.05. The number of nitrogens with zero attached hydrogens (tertiary/aromatic N) is 4. The number of hydrogen-bond donors (Lipinski definition) is 1. The highest BCUT2D eigenvalue weighted by atomic mass is 16.5. The molecule has 16 heavy (non-hydrogen) atoms. The van der Waals surface area contributed by atoms with Gasteiger partial charge in [-0.2, -0.15) is 5.10 Å². The first kappa shape index (κ1) is 10.8. The fourth-order valence-corrected chi connectivity index (χ4v) is 1.30. The molecule has 2 aromatic rings. The van der Waals surface area contributed by atoms with Crippen LogP contribution in [0.15, 0.2) is 23.2 Å². The van der Waals surface area contributed by atoms with E-state index in [1.165, 1.54) is 6.33 Å². The second-order valence-corrected chi connectivity index (χ2v) is 3.91. The Hall–Kier alpha value is -1.69. The van der Waals surface area contributed by atoms with E-state index in [0.29, 0.717) is 12.6 Å². The zero-order valence-electron chi connectivity index (χ0n) is 9.42. The maximum atomic E-state index is 5.19. The van der Waals surface area contributed by atoms with Crippen molar-refractivity contribution in [3.8, 4) is 0 Å². The molecule has 6 nitrogen and oxygen atoms in total. The van der Waals surface area contributed by atoms with Gasteiger partial charge in [0, 0.05) is 18.7 Å². The first-order chi connectivity index (χ1) is 7.74. The van der Waals surface area contributed by atoms with Crippen molar-refractivity contribution in [3.63, 3.8) is 0 Å². The molecule has 0 spiro atoms. The van der Waals surface area contributed by atoms with Crippen LogP contribution in [0.5, 0.6) is 0 Å². The average Bonchev–Trinajstić information content (AvgIpc) is 2.87. The number of hydrogen-bond acceptors (Lipinski definition) is 5. The van der Waals surface area contributed by atoms with Gasteiger partial charge in [0.05, 0.1) is 5.69 Å². The van der Waals surface area contributed by atoms with Crippen LogP contribution in [0.1, 0.15) is 25.3 Å². The van der Waals surface area contributed by atoms with Crippen LogP contribution >= 0.6 is 0 Å². The maximum Gasteiger partial charge on any atom is 0.158 e. The van der Waals surface area contributed by atoms with Gasteiger partial charge in [0.2, 0.25) is 0 Å². The molecular formula is C10H15N5O. The predicted molar refractivity (Wildman–Crippen MR) is 57.6 cm³/mol. The predicted octanol–water partition coefficient (Wildman–Crippen LogP) is 0.812. The number of aromatic nitrogens is 4. The van der Waals surface area contributed by atoms with Gasteiger partial charge in [0.1, 0.15) is 19.2 Å². The Morgan fingerprint density at radius 1 is 1.50 bits per heavy atom. The van der Waals surface area contributed by atoms with Gasteiger partial charge in [-0.25, -0.2) is 9.67 Å². The van der Waals surface area contributed by atoms with E-state index in [0.717, 1.165) is 18.0 Å². The standard InChI is InChI=1S/C10H15N5O/c1-8(2)12-4-9-3-10(16-14-9)5-15-7-11-6-13-15/h3,6-8,12H,4-5H2,1-2H3. The van der Waals surface area contributed by atoms with E-state index in [2.05, 4.69) is 34.4 Å². The smallest absolute Gasteiger partial charge is 0.158 e. The van der Waals surface area contributed by atoms with Gasteiger partial charge in [0.15, 0.2) is 5.76 Å². The SMILES string of the molecule is CC(C)NCc1cc(Cn2cncn2)on1. The van der Waals surface area contributed by atoms with Crippen molar-refractivity contribution in [2.45, 2.75) is 33.0 Å². The molecule has 0 aromatic carbocycles. The Kier molecular flexibility index (Phi) is 3.31. The summed E-state index contributed by atoms with van der Waals surface area (Å²) in [5, 5.41) is 11.2. The van der Waals surface area contributed by atoms with Crippen LogP contribution in [0, 0.1) is 0 Å². The highest BCUT2D eigenvalue weighted by Crippen LogP contribution is 2.05. The van der Waals surface area contributed by atoms with Gasteiger partial charge in [-0.05, 0) is 0 Å². The van der Waals surface area contributed by atoms with Crippen LogP contribution in [0.2, 0.25) is 0 Å². The third kappa shape index (κ3) is 2.90.